The molecule has 1 unspecified atom stereocenters. The lowest BCUT2D eigenvalue weighted by molar-refractivity contribution is 0.285. The van der Waals surface area contributed by atoms with E-state index in [0.29, 0.717) is 42.1 Å². The third kappa shape index (κ3) is 8.52. The van der Waals surface area contributed by atoms with E-state index in [-0.39, 0.29) is 11.2 Å². The molecule has 3 aromatic carbocycles. The van der Waals surface area contributed by atoms with E-state index in [4.69, 9.17) is 14.2 Å². The molecule has 41 heavy (non-hydrogen) atoms. The number of fused-ring (bicyclic) bond motifs is 1. The fraction of sp³-hybridized carbons (Fsp3) is 0.471. The Morgan fingerprint density at radius 3 is 2.44 bits per heavy atom. The first-order valence-corrected chi connectivity index (χ1v) is 14.6. The van der Waals surface area contributed by atoms with Crippen LogP contribution in [-0.4, -0.2) is 45.6 Å². The molecule has 0 saturated heterocycles. The lowest BCUT2D eigenvalue weighted by Crippen LogP contribution is -2.30. The van der Waals surface area contributed by atoms with Crippen LogP contribution in [-0.2, 0) is 19.3 Å². The summed E-state index contributed by atoms with van der Waals surface area (Å²) >= 11 is 0. The highest BCUT2D eigenvalue weighted by molar-refractivity contribution is 5.62. The lowest BCUT2D eigenvalue weighted by atomic mass is 9.79. The van der Waals surface area contributed by atoms with Gasteiger partial charge in [-0.1, -0.05) is 32.9 Å². The van der Waals surface area contributed by atoms with Gasteiger partial charge in [-0.25, -0.2) is 4.39 Å². The van der Waals surface area contributed by atoms with Crippen molar-refractivity contribution in [1.29, 1.82) is 0 Å². The molecule has 0 amide bonds. The standard InChI is InChI=1S/C34H45FN2O4/c1-34(2,3)22-36-15-16-41-31-13-8-23(17-29(31)35)7-6-14-37-30-21-33(40-5)32(39-4)20-28(30)26-10-9-25-19-27(38)12-11-24(25)18-26/h8,11-13,17,19-21,26,36-38H,6-7,9-10,14-16,18,22H2,1-5H3. The average molecular weight is 565 g/mol. The van der Waals surface area contributed by atoms with Crippen LogP contribution in [0, 0.1) is 11.2 Å². The third-order valence-electron chi connectivity index (χ3n) is 7.56. The van der Waals surface area contributed by atoms with Gasteiger partial charge in [-0.2, -0.15) is 0 Å². The zero-order valence-corrected chi connectivity index (χ0v) is 25.1. The van der Waals surface area contributed by atoms with Gasteiger partial charge in [0.25, 0.3) is 0 Å². The highest BCUT2D eigenvalue weighted by atomic mass is 19.1. The Kier molecular flexibility index (Phi) is 10.4. The van der Waals surface area contributed by atoms with Crippen molar-refractivity contribution in [2.24, 2.45) is 5.41 Å². The summed E-state index contributed by atoms with van der Waals surface area (Å²) < 4.78 is 31.5. The number of halogens is 1. The summed E-state index contributed by atoms with van der Waals surface area (Å²) in [5, 5.41) is 16.8. The van der Waals surface area contributed by atoms with Crippen LogP contribution < -0.4 is 24.8 Å². The number of ether oxygens (including phenoxy) is 3. The van der Waals surface area contributed by atoms with Gasteiger partial charge in [-0.3, -0.25) is 0 Å². The summed E-state index contributed by atoms with van der Waals surface area (Å²) in [6, 6.07) is 15.0. The maximum absolute atomic E-state index is 14.7. The number of rotatable bonds is 13. The summed E-state index contributed by atoms with van der Waals surface area (Å²) in [6.45, 7) is 9.25. The van der Waals surface area contributed by atoms with Crippen molar-refractivity contribution in [3.8, 4) is 23.0 Å². The fourth-order valence-electron chi connectivity index (χ4n) is 5.42. The fourth-order valence-corrected chi connectivity index (χ4v) is 5.42. The summed E-state index contributed by atoms with van der Waals surface area (Å²) in [5.74, 6) is 2.02. The maximum Gasteiger partial charge on any atom is 0.165 e. The van der Waals surface area contributed by atoms with Gasteiger partial charge in [0, 0.05) is 31.4 Å². The smallest absolute Gasteiger partial charge is 0.165 e. The molecule has 3 N–H and O–H groups in total. The molecule has 222 valence electrons. The molecule has 0 saturated carbocycles. The van der Waals surface area contributed by atoms with Crippen LogP contribution in [0.15, 0.2) is 48.5 Å². The zero-order chi connectivity index (χ0) is 29.4. The van der Waals surface area contributed by atoms with Gasteiger partial charge >= 0.3 is 0 Å². The number of anilines is 1. The monoisotopic (exact) mass is 564 g/mol. The number of benzene rings is 3. The third-order valence-corrected chi connectivity index (χ3v) is 7.56. The van der Waals surface area contributed by atoms with Crippen LogP contribution in [0.5, 0.6) is 23.0 Å². The highest BCUT2D eigenvalue weighted by Gasteiger charge is 2.24. The van der Waals surface area contributed by atoms with E-state index in [1.165, 1.54) is 16.7 Å². The van der Waals surface area contributed by atoms with Crippen molar-refractivity contribution < 1.29 is 23.7 Å². The second-order valence-corrected chi connectivity index (χ2v) is 12.1. The number of hydrogen-bond donors (Lipinski definition) is 3. The molecular formula is C34H45FN2O4. The molecule has 0 aliphatic heterocycles. The Labute approximate surface area is 244 Å². The number of aryl methyl sites for hydroxylation is 2. The normalized spacial score (nSPS) is 14.8. The topological polar surface area (TPSA) is 72.0 Å². The molecule has 1 aliphatic rings. The van der Waals surface area contributed by atoms with Gasteiger partial charge in [0.05, 0.1) is 14.2 Å². The van der Waals surface area contributed by atoms with E-state index in [1.807, 2.05) is 24.3 Å². The van der Waals surface area contributed by atoms with E-state index in [2.05, 4.69) is 37.5 Å². The first-order valence-electron chi connectivity index (χ1n) is 14.6. The maximum atomic E-state index is 14.7. The van der Waals surface area contributed by atoms with E-state index < -0.39 is 0 Å². The minimum absolute atomic E-state index is 0.205. The quantitative estimate of drug-likeness (QED) is 0.197. The van der Waals surface area contributed by atoms with Gasteiger partial charge in [-0.15, -0.1) is 0 Å². The zero-order valence-electron chi connectivity index (χ0n) is 25.1. The summed E-state index contributed by atoms with van der Waals surface area (Å²) in [4.78, 5) is 0. The van der Waals surface area contributed by atoms with Crippen molar-refractivity contribution in [1.82, 2.24) is 5.32 Å². The van der Waals surface area contributed by atoms with Gasteiger partial charge < -0.3 is 30.0 Å². The molecule has 0 aromatic heterocycles. The van der Waals surface area contributed by atoms with Crippen LogP contribution in [0.2, 0.25) is 0 Å². The van der Waals surface area contributed by atoms with Gasteiger partial charge in [0.15, 0.2) is 23.1 Å². The van der Waals surface area contributed by atoms with Gasteiger partial charge in [0.1, 0.15) is 12.4 Å². The first kappa shape index (κ1) is 30.5. The summed E-state index contributed by atoms with van der Waals surface area (Å²) in [7, 11) is 3.31. The van der Waals surface area contributed by atoms with Crippen LogP contribution in [0.1, 0.15) is 61.8 Å². The molecule has 0 fully saturated rings. The first-order chi connectivity index (χ1) is 19.7. The lowest BCUT2D eigenvalue weighted by Gasteiger charge is -2.28. The predicted octanol–water partition coefficient (Wildman–Crippen LogP) is 6.88. The molecule has 1 aliphatic carbocycles. The largest absolute Gasteiger partial charge is 0.508 e. The van der Waals surface area contributed by atoms with Gasteiger partial charge in [0.2, 0.25) is 0 Å². The van der Waals surface area contributed by atoms with E-state index in [1.54, 1.807) is 32.4 Å². The van der Waals surface area contributed by atoms with Crippen LogP contribution in [0.4, 0.5) is 10.1 Å². The van der Waals surface area contributed by atoms with E-state index in [9.17, 15) is 9.50 Å². The Morgan fingerprint density at radius 1 is 0.927 bits per heavy atom. The van der Waals surface area contributed by atoms with Crippen molar-refractivity contribution in [2.45, 2.75) is 58.8 Å². The Hall–Kier alpha value is -3.45. The number of nitrogens with one attached hydrogen (secondary N) is 2. The molecule has 6 nitrogen and oxygen atoms in total. The molecule has 1 atom stereocenters. The molecule has 0 radical (unpaired) electrons. The molecule has 3 aromatic rings. The average Bonchev–Trinajstić information content (AvgIpc) is 2.94. The SMILES string of the molecule is COc1cc(NCCCc2ccc(OCCNCC(C)(C)C)c(F)c2)c(C2CCc3cc(O)ccc3C2)cc1OC. The molecular weight excluding hydrogens is 519 g/mol. The molecule has 0 bridgehead atoms. The second-order valence-electron chi connectivity index (χ2n) is 12.1. The van der Waals surface area contributed by atoms with Crippen molar-refractivity contribution >= 4 is 5.69 Å². The number of aromatic hydroxyl groups is 1. The van der Waals surface area contributed by atoms with Crippen molar-refractivity contribution in [2.75, 3.05) is 45.8 Å². The number of phenols is 1. The van der Waals surface area contributed by atoms with E-state index >= 15 is 0 Å². The van der Waals surface area contributed by atoms with Crippen molar-refractivity contribution in [3.63, 3.8) is 0 Å². The summed E-state index contributed by atoms with van der Waals surface area (Å²) in [6.07, 6.45) is 4.40. The minimum atomic E-state index is -0.320. The number of phenolic OH excluding ortho intramolecular Hbond substituents is 1. The molecule has 7 heteroatoms. The van der Waals surface area contributed by atoms with Crippen molar-refractivity contribution in [3.05, 3.63) is 76.6 Å². The number of methoxy groups -OCH3 is 2. The van der Waals surface area contributed by atoms with Gasteiger partial charge in [-0.05, 0) is 96.0 Å². The molecule has 4 rings (SSSR count). The number of hydrogen-bond acceptors (Lipinski definition) is 6. The highest BCUT2D eigenvalue weighted by Crippen LogP contribution is 2.42. The molecule has 0 heterocycles. The Bertz CT molecular complexity index is 1300. The predicted molar refractivity (Wildman–Crippen MR) is 163 cm³/mol. The van der Waals surface area contributed by atoms with Crippen LogP contribution >= 0.6 is 0 Å². The van der Waals surface area contributed by atoms with Crippen LogP contribution in [0.3, 0.4) is 0 Å². The Balaban J connectivity index is 1.35. The summed E-state index contributed by atoms with van der Waals surface area (Å²) in [5.41, 5.74) is 5.88. The van der Waals surface area contributed by atoms with E-state index in [0.717, 1.165) is 56.4 Å². The van der Waals surface area contributed by atoms with Crippen LogP contribution in [0.25, 0.3) is 0 Å². The molecule has 0 spiro atoms. The second kappa shape index (κ2) is 13.9. The Morgan fingerprint density at radius 2 is 1.71 bits per heavy atom. The minimum Gasteiger partial charge on any atom is -0.508 e.